The Morgan fingerprint density at radius 3 is 2.00 bits per heavy atom. The van der Waals surface area contributed by atoms with Gasteiger partial charge in [-0.05, 0) is 19.3 Å². The van der Waals surface area contributed by atoms with Gasteiger partial charge in [0.15, 0.2) is 0 Å². The van der Waals surface area contributed by atoms with Gasteiger partial charge in [-0.15, -0.1) is 0 Å². The van der Waals surface area contributed by atoms with Crippen molar-refractivity contribution in [3.63, 3.8) is 0 Å². The Hall–Kier alpha value is -2.37. The van der Waals surface area contributed by atoms with Crippen LogP contribution in [0.2, 0.25) is 0 Å². The van der Waals surface area contributed by atoms with Crippen molar-refractivity contribution >= 4 is 17.9 Å². The summed E-state index contributed by atoms with van der Waals surface area (Å²) < 4.78 is 14.7. The van der Waals surface area contributed by atoms with Crippen molar-refractivity contribution in [1.29, 1.82) is 0 Å². The van der Waals surface area contributed by atoms with E-state index >= 15 is 0 Å². The minimum absolute atomic E-state index is 0.0587. The summed E-state index contributed by atoms with van der Waals surface area (Å²) in [6.45, 7) is 10.0. The van der Waals surface area contributed by atoms with E-state index in [1.807, 2.05) is 0 Å². The highest BCUT2D eigenvalue weighted by atomic mass is 16.6. The lowest BCUT2D eigenvalue weighted by Gasteiger charge is -2.16. The summed E-state index contributed by atoms with van der Waals surface area (Å²) in [6, 6.07) is 0. The molecule has 6 heteroatoms. The van der Waals surface area contributed by atoms with Crippen LogP contribution in [0.15, 0.2) is 38.0 Å². The third-order valence-corrected chi connectivity index (χ3v) is 2.36. The number of carbonyl (C=O) groups is 3. The first kappa shape index (κ1) is 18.6. The van der Waals surface area contributed by atoms with E-state index in [2.05, 4.69) is 19.7 Å². The topological polar surface area (TPSA) is 78.9 Å². The molecule has 0 fully saturated rings. The van der Waals surface area contributed by atoms with Crippen molar-refractivity contribution in [2.45, 2.75) is 25.4 Å². The smallest absolute Gasteiger partial charge is 0.330 e. The second kappa shape index (κ2) is 11.5. The first-order chi connectivity index (χ1) is 10.0. The van der Waals surface area contributed by atoms with Gasteiger partial charge in [0, 0.05) is 18.2 Å². The number of carbonyl (C=O) groups excluding carboxylic acids is 3. The molecule has 0 bridgehead atoms. The van der Waals surface area contributed by atoms with Gasteiger partial charge in [0.1, 0.15) is 12.7 Å². The SMILES string of the molecule is C=CC(=O)OCCCCC(COC(=O)C=C)OC(=O)C=C. The highest BCUT2D eigenvalue weighted by Crippen LogP contribution is 2.07. The zero-order valence-electron chi connectivity index (χ0n) is 11.9. The Balaban J connectivity index is 4.08. The number of esters is 3. The van der Waals surface area contributed by atoms with Crippen LogP contribution in [0, 0.1) is 0 Å². The van der Waals surface area contributed by atoms with Crippen LogP contribution in [-0.4, -0.2) is 37.2 Å². The largest absolute Gasteiger partial charge is 0.463 e. The quantitative estimate of drug-likeness (QED) is 0.250. The van der Waals surface area contributed by atoms with E-state index < -0.39 is 24.0 Å². The fraction of sp³-hybridized carbons (Fsp3) is 0.400. The zero-order chi connectivity index (χ0) is 16.1. The molecule has 0 radical (unpaired) electrons. The molecule has 0 aromatic carbocycles. The van der Waals surface area contributed by atoms with E-state index in [1.165, 1.54) is 0 Å². The molecule has 0 aromatic rings. The Kier molecular flexibility index (Phi) is 10.2. The van der Waals surface area contributed by atoms with Crippen molar-refractivity contribution in [3.05, 3.63) is 38.0 Å². The van der Waals surface area contributed by atoms with E-state index in [9.17, 15) is 14.4 Å². The summed E-state index contributed by atoms with van der Waals surface area (Å²) in [5.74, 6) is -1.66. The fourth-order valence-electron chi connectivity index (χ4n) is 1.33. The molecule has 0 aliphatic carbocycles. The molecule has 0 spiro atoms. The van der Waals surface area contributed by atoms with Crippen molar-refractivity contribution in [2.75, 3.05) is 13.2 Å². The lowest BCUT2D eigenvalue weighted by molar-refractivity contribution is -0.153. The van der Waals surface area contributed by atoms with Crippen LogP contribution < -0.4 is 0 Å². The Morgan fingerprint density at radius 2 is 1.43 bits per heavy atom. The lowest BCUT2D eigenvalue weighted by atomic mass is 10.1. The van der Waals surface area contributed by atoms with E-state index in [0.717, 1.165) is 18.2 Å². The summed E-state index contributed by atoms with van der Waals surface area (Å²) in [5.41, 5.74) is 0. The molecule has 0 saturated heterocycles. The van der Waals surface area contributed by atoms with Crippen molar-refractivity contribution in [2.24, 2.45) is 0 Å². The van der Waals surface area contributed by atoms with Crippen molar-refractivity contribution in [1.82, 2.24) is 0 Å². The molecule has 0 aliphatic heterocycles. The normalized spacial score (nSPS) is 10.9. The maximum atomic E-state index is 11.2. The molecule has 0 amide bonds. The van der Waals surface area contributed by atoms with Gasteiger partial charge < -0.3 is 14.2 Å². The molecule has 0 aliphatic rings. The van der Waals surface area contributed by atoms with E-state index in [0.29, 0.717) is 19.3 Å². The fourth-order valence-corrected chi connectivity index (χ4v) is 1.33. The average Bonchev–Trinajstić information content (AvgIpc) is 2.50. The summed E-state index contributed by atoms with van der Waals surface area (Å²) >= 11 is 0. The van der Waals surface area contributed by atoms with Gasteiger partial charge in [-0.3, -0.25) is 0 Å². The van der Waals surface area contributed by atoms with Crippen LogP contribution in [0.5, 0.6) is 0 Å². The lowest BCUT2D eigenvalue weighted by Crippen LogP contribution is -2.24. The van der Waals surface area contributed by atoms with Crippen LogP contribution in [0.25, 0.3) is 0 Å². The van der Waals surface area contributed by atoms with Gasteiger partial charge in [-0.2, -0.15) is 0 Å². The summed E-state index contributed by atoms with van der Waals surface area (Å²) in [4.78, 5) is 33.0. The first-order valence-corrected chi connectivity index (χ1v) is 6.45. The molecule has 1 atom stereocenters. The molecule has 6 nitrogen and oxygen atoms in total. The predicted molar refractivity (Wildman–Crippen MR) is 76.2 cm³/mol. The molecule has 116 valence electrons. The van der Waals surface area contributed by atoms with Gasteiger partial charge in [-0.1, -0.05) is 19.7 Å². The van der Waals surface area contributed by atoms with Gasteiger partial charge in [0.2, 0.25) is 0 Å². The zero-order valence-corrected chi connectivity index (χ0v) is 11.9. The second-order valence-electron chi connectivity index (χ2n) is 3.96. The van der Waals surface area contributed by atoms with Gasteiger partial charge in [0.05, 0.1) is 6.61 Å². The van der Waals surface area contributed by atoms with Gasteiger partial charge in [-0.25, -0.2) is 14.4 Å². The molecule has 0 rings (SSSR count). The molecule has 0 N–H and O–H groups in total. The molecular weight excluding hydrogens is 276 g/mol. The van der Waals surface area contributed by atoms with Crippen LogP contribution >= 0.6 is 0 Å². The van der Waals surface area contributed by atoms with Crippen LogP contribution in [0.4, 0.5) is 0 Å². The molecule has 0 heterocycles. The van der Waals surface area contributed by atoms with E-state index in [4.69, 9.17) is 14.2 Å². The minimum Gasteiger partial charge on any atom is -0.463 e. The molecule has 1 unspecified atom stereocenters. The van der Waals surface area contributed by atoms with E-state index in [-0.39, 0.29) is 13.2 Å². The van der Waals surface area contributed by atoms with Crippen molar-refractivity contribution < 1.29 is 28.6 Å². The number of hydrogen-bond donors (Lipinski definition) is 0. The second-order valence-corrected chi connectivity index (χ2v) is 3.96. The number of rotatable bonds is 11. The molecule has 21 heavy (non-hydrogen) atoms. The summed E-state index contributed by atoms with van der Waals surface area (Å²) in [5, 5.41) is 0. The standard InChI is InChI=1S/C15H20O6/c1-4-13(16)19-10-8-7-9-12(21-15(18)6-3)11-20-14(17)5-2/h4-6,12H,1-3,7-11H2. The van der Waals surface area contributed by atoms with E-state index in [1.54, 1.807) is 0 Å². The third kappa shape index (κ3) is 10.1. The van der Waals surface area contributed by atoms with Gasteiger partial charge >= 0.3 is 17.9 Å². The summed E-state index contributed by atoms with van der Waals surface area (Å²) in [7, 11) is 0. The maximum Gasteiger partial charge on any atom is 0.330 e. The molecular formula is C15H20O6. The molecule has 0 aromatic heterocycles. The average molecular weight is 296 g/mol. The van der Waals surface area contributed by atoms with Crippen LogP contribution in [-0.2, 0) is 28.6 Å². The Labute approximate surface area is 124 Å². The molecule has 0 saturated carbocycles. The highest BCUT2D eigenvalue weighted by Gasteiger charge is 2.14. The minimum atomic E-state index is -0.590. The maximum absolute atomic E-state index is 11.2. The summed E-state index contributed by atoms with van der Waals surface area (Å²) in [6.07, 6.45) is 4.27. The number of ether oxygens (including phenoxy) is 3. The monoisotopic (exact) mass is 296 g/mol. The van der Waals surface area contributed by atoms with Crippen LogP contribution in [0.3, 0.4) is 0 Å². The van der Waals surface area contributed by atoms with Crippen molar-refractivity contribution in [3.8, 4) is 0 Å². The Morgan fingerprint density at radius 1 is 0.857 bits per heavy atom. The predicted octanol–water partition coefficient (Wildman–Crippen LogP) is 1.71. The number of unbranched alkanes of at least 4 members (excludes halogenated alkanes) is 1. The number of hydrogen-bond acceptors (Lipinski definition) is 6. The Bertz CT molecular complexity index is 399. The van der Waals surface area contributed by atoms with Crippen LogP contribution in [0.1, 0.15) is 19.3 Å². The highest BCUT2D eigenvalue weighted by molar-refractivity contribution is 5.82. The van der Waals surface area contributed by atoms with Gasteiger partial charge in [0.25, 0.3) is 0 Å². The first-order valence-electron chi connectivity index (χ1n) is 6.45. The third-order valence-electron chi connectivity index (χ3n) is 2.36.